The topological polar surface area (TPSA) is 12.4 Å². The molecule has 26 heavy (non-hydrogen) atoms. The van der Waals surface area contributed by atoms with Crippen LogP contribution in [0.4, 0.5) is 10.1 Å². The number of aliphatic imine (C=N–C) groups is 1. The summed E-state index contributed by atoms with van der Waals surface area (Å²) in [6.07, 6.45) is 0.988. The number of rotatable bonds is 3. The second-order valence-electron chi connectivity index (χ2n) is 5.75. The van der Waals surface area contributed by atoms with E-state index in [9.17, 15) is 4.39 Å². The monoisotopic (exact) mass is 357 g/mol. The van der Waals surface area contributed by atoms with Crippen molar-refractivity contribution in [2.45, 2.75) is 13.3 Å². The van der Waals surface area contributed by atoms with Crippen molar-refractivity contribution < 1.29 is 4.39 Å². The molecule has 3 aromatic rings. The Balaban J connectivity index is 1.82. The Hall–Kier alpha value is -3.05. The van der Waals surface area contributed by atoms with E-state index < -0.39 is 0 Å². The van der Waals surface area contributed by atoms with Crippen molar-refractivity contribution in [3.05, 3.63) is 89.2 Å². The lowest BCUT2D eigenvalue weighted by Crippen LogP contribution is -1.87. The van der Waals surface area contributed by atoms with Crippen molar-refractivity contribution in [1.82, 2.24) is 0 Å². The number of halogens is 1. The van der Waals surface area contributed by atoms with Crippen LogP contribution < -0.4 is 0 Å². The molecule has 0 fully saturated rings. The maximum absolute atomic E-state index is 14.4. The van der Waals surface area contributed by atoms with Crippen LogP contribution in [0, 0.1) is 17.7 Å². The molecular formula is C23H16FNS. The summed E-state index contributed by atoms with van der Waals surface area (Å²) >= 11 is 4.57. The predicted octanol–water partition coefficient (Wildman–Crippen LogP) is 6.19. The fourth-order valence-corrected chi connectivity index (χ4v) is 2.65. The van der Waals surface area contributed by atoms with Crippen LogP contribution in [0.2, 0.25) is 0 Å². The first-order valence-electron chi connectivity index (χ1n) is 8.28. The first-order chi connectivity index (χ1) is 12.7. The van der Waals surface area contributed by atoms with Gasteiger partial charge in [-0.25, -0.2) is 4.39 Å². The molecule has 0 amide bonds. The van der Waals surface area contributed by atoms with Gasteiger partial charge in [0.1, 0.15) is 5.82 Å². The average molecular weight is 357 g/mol. The Morgan fingerprint density at radius 2 is 1.58 bits per heavy atom. The van der Waals surface area contributed by atoms with Crippen molar-refractivity contribution >= 4 is 23.1 Å². The molecule has 0 unspecified atom stereocenters. The zero-order valence-corrected chi connectivity index (χ0v) is 15.1. The third-order valence-electron chi connectivity index (χ3n) is 4.05. The maximum atomic E-state index is 14.4. The summed E-state index contributed by atoms with van der Waals surface area (Å²) in [5, 5.41) is 2.32. The summed E-state index contributed by atoms with van der Waals surface area (Å²) in [6.45, 7) is 2.11. The first-order valence-corrected chi connectivity index (χ1v) is 8.69. The highest BCUT2D eigenvalue weighted by atomic mass is 32.1. The first kappa shape index (κ1) is 17.8. The van der Waals surface area contributed by atoms with E-state index in [2.05, 4.69) is 53.3 Å². The highest BCUT2D eigenvalue weighted by molar-refractivity contribution is 7.78. The zero-order chi connectivity index (χ0) is 18.4. The molecule has 0 spiro atoms. The standard InChI is InChI=1S/C23H16FNS/c1-2-17-3-8-19(9-4-17)21-12-11-20(23(24)15-21)10-5-18-6-13-22(14-7-18)25-16-26/h3-4,6-9,11-15H,2H2,1H3. The summed E-state index contributed by atoms with van der Waals surface area (Å²) in [6, 6.07) is 20.5. The van der Waals surface area contributed by atoms with Crippen LogP contribution >= 0.6 is 12.2 Å². The van der Waals surface area contributed by atoms with Crippen LogP contribution in [0.3, 0.4) is 0 Å². The van der Waals surface area contributed by atoms with E-state index in [1.165, 1.54) is 11.6 Å². The van der Waals surface area contributed by atoms with Gasteiger partial charge in [0.25, 0.3) is 0 Å². The van der Waals surface area contributed by atoms with Crippen LogP contribution in [-0.4, -0.2) is 5.16 Å². The van der Waals surface area contributed by atoms with Crippen molar-refractivity contribution in [3.8, 4) is 23.0 Å². The Morgan fingerprint density at radius 3 is 2.19 bits per heavy atom. The molecule has 0 aliphatic carbocycles. The highest BCUT2D eigenvalue weighted by Gasteiger charge is 2.04. The van der Waals surface area contributed by atoms with Crippen LogP contribution in [-0.2, 0) is 6.42 Å². The van der Waals surface area contributed by atoms with Gasteiger partial charge in [-0.1, -0.05) is 49.1 Å². The minimum atomic E-state index is -0.323. The fourth-order valence-electron chi connectivity index (χ4n) is 2.54. The minimum Gasteiger partial charge on any atom is -0.206 e. The molecule has 3 rings (SSSR count). The molecule has 0 N–H and O–H groups in total. The number of nitrogens with zero attached hydrogens (tertiary/aromatic N) is 1. The zero-order valence-electron chi connectivity index (χ0n) is 14.3. The number of isothiocyanates is 1. The molecule has 0 saturated heterocycles. The lowest BCUT2D eigenvalue weighted by atomic mass is 10.0. The van der Waals surface area contributed by atoms with Gasteiger partial charge in [0, 0.05) is 5.56 Å². The lowest BCUT2D eigenvalue weighted by Gasteiger charge is -2.04. The van der Waals surface area contributed by atoms with Gasteiger partial charge in [-0.05, 0) is 71.7 Å². The lowest BCUT2D eigenvalue weighted by molar-refractivity contribution is 0.625. The maximum Gasteiger partial charge on any atom is 0.139 e. The Bertz CT molecular complexity index is 1020. The molecule has 3 aromatic carbocycles. The van der Waals surface area contributed by atoms with E-state index in [0.717, 1.165) is 28.8 Å². The van der Waals surface area contributed by atoms with Gasteiger partial charge in [0.2, 0.25) is 0 Å². The molecule has 0 aromatic heterocycles. The van der Waals surface area contributed by atoms with E-state index in [1.54, 1.807) is 18.2 Å². The Labute approximate surface area is 158 Å². The van der Waals surface area contributed by atoms with Crippen molar-refractivity contribution in [1.29, 1.82) is 0 Å². The van der Waals surface area contributed by atoms with Gasteiger partial charge in [-0.2, -0.15) is 4.99 Å². The van der Waals surface area contributed by atoms with Crippen molar-refractivity contribution in [2.24, 2.45) is 4.99 Å². The largest absolute Gasteiger partial charge is 0.206 e. The normalized spacial score (nSPS) is 9.77. The third kappa shape index (κ3) is 4.32. The van der Waals surface area contributed by atoms with E-state index in [4.69, 9.17) is 0 Å². The second-order valence-corrected chi connectivity index (χ2v) is 5.93. The Morgan fingerprint density at radius 1 is 0.885 bits per heavy atom. The molecule has 0 radical (unpaired) electrons. The van der Waals surface area contributed by atoms with Gasteiger partial charge in [0.05, 0.1) is 16.4 Å². The Kier molecular flexibility index (Phi) is 5.71. The molecule has 1 nitrogen and oxygen atoms in total. The van der Waals surface area contributed by atoms with Crippen molar-refractivity contribution in [2.75, 3.05) is 0 Å². The SMILES string of the molecule is CCc1ccc(-c2ccc(C#Cc3ccc(N=C=S)cc3)c(F)c2)cc1. The van der Waals surface area contributed by atoms with Gasteiger partial charge in [-0.15, -0.1) is 0 Å². The van der Waals surface area contributed by atoms with Crippen LogP contribution in [0.1, 0.15) is 23.6 Å². The van der Waals surface area contributed by atoms with E-state index in [1.807, 2.05) is 30.3 Å². The molecule has 0 atom stereocenters. The van der Waals surface area contributed by atoms with E-state index >= 15 is 0 Å². The van der Waals surface area contributed by atoms with Gasteiger partial charge in [0.15, 0.2) is 0 Å². The number of benzene rings is 3. The fraction of sp³-hybridized carbons (Fsp3) is 0.0870. The van der Waals surface area contributed by atoms with Crippen LogP contribution in [0.15, 0.2) is 71.7 Å². The van der Waals surface area contributed by atoms with E-state index in [-0.39, 0.29) is 5.82 Å². The molecule has 0 aliphatic rings. The second kappa shape index (κ2) is 8.36. The molecule has 0 saturated carbocycles. The highest BCUT2D eigenvalue weighted by Crippen LogP contribution is 2.22. The summed E-state index contributed by atoms with van der Waals surface area (Å²) in [4.78, 5) is 3.89. The number of hydrogen-bond donors (Lipinski definition) is 0. The molecule has 0 heterocycles. The summed E-state index contributed by atoms with van der Waals surface area (Å²) in [5.41, 5.74) is 4.98. The van der Waals surface area contributed by atoms with Crippen LogP contribution in [0.5, 0.6) is 0 Å². The molecule has 0 aliphatic heterocycles. The third-order valence-corrected chi connectivity index (χ3v) is 4.14. The van der Waals surface area contributed by atoms with Gasteiger partial charge in [-0.3, -0.25) is 0 Å². The summed E-state index contributed by atoms with van der Waals surface area (Å²) < 4.78 is 14.4. The van der Waals surface area contributed by atoms with Gasteiger partial charge < -0.3 is 0 Å². The number of hydrogen-bond acceptors (Lipinski definition) is 2. The quantitative estimate of drug-likeness (QED) is 0.309. The smallest absolute Gasteiger partial charge is 0.139 e. The van der Waals surface area contributed by atoms with Crippen LogP contribution in [0.25, 0.3) is 11.1 Å². The predicted molar refractivity (Wildman–Crippen MR) is 108 cm³/mol. The molecule has 0 bridgehead atoms. The number of aryl methyl sites for hydroxylation is 1. The molecule has 126 valence electrons. The van der Waals surface area contributed by atoms with E-state index in [0.29, 0.717) is 5.56 Å². The summed E-state index contributed by atoms with van der Waals surface area (Å²) in [7, 11) is 0. The number of thiocarbonyl (C=S) groups is 1. The average Bonchev–Trinajstić information content (AvgIpc) is 2.68. The molecule has 3 heteroatoms. The minimum absolute atomic E-state index is 0.323. The van der Waals surface area contributed by atoms with Crippen molar-refractivity contribution in [3.63, 3.8) is 0 Å². The molecular weight excluding hydrogens is 341 g/mol. The van der Waals surface area contributed by atoms with Gasteiger partial charge >= 0.3 is 0 Å². The summed E-state index contributed by atoms with van der Waals surface area (Å²) in [5.74, 6) is 5.53.